The number of pyridine rings is 1. The van der Waals surface area contributed by atoms with Gasteiger partial charge in [0.25, 0.3) is 0 Å². The molecule has 8 heteroatoms. The van der Waals surface area contributed by atoms with E-state index >= 15 is 0 Å². The minimum Gasteiger partial charge on any atom is -0.501 e. The van der Waals surface area contributed by atoms with Crippen LogP contribution >= 0.6 is 0 Å². The second-order valence-electron chi connectivity index (χ2n) is 6.70. The van der Waals surface area contributed by atoms with Gasteiger partial charge in [-0.3, -0.25) is 5.43 Å². The molecular weight excluding hydrogens is 395 g/mol. The van der Waals surface area contributed by atoms with Gasteiger partial charge in [0.2, 0.25) is 5.88 Å². The third-order valence-corrected chi connectivity index (χ3v) is 4.51. The van der Waals surface area contributed by atoms with Crippen LogP contribution in [0.2, 0.25) is 0 Å². The highest BCUT2D eigenvalue weighted by atomic mass is 19.4. The van der Waals surface area contributed by atoms with E-state index < -0.39 is 11.7 Å². The Balaban J connectivity index is 2.03. The van der Waals surface area contributed by atoms with Gasteiger partial charge in [-0.05, 0) is 68.3 Å². The van der Waals surface area contributed by atoms with Crippen molar-refractivity contribution in [3.05, 3.63) is 60.0 Å². The fourth-order valence-electron chi connectivity index (χ4n) is 2.68. The molecule has 0 unspecified atom stereocenters. The average Bonchev–Trinajstić information content (AvgIpc) is 2.73. The van der Waals surface area contributed by atoms with Gasteiger partial charge in [-0.2, -0.15) is 13.2 Å². The van der Waals surface area contributed by atoms with Crippen LogP contribution in [0.3, 0.4) is 0 Å². The molecule has 0 radical (unpaired) electrons. The normalized spacial score (nSPS) is 12.3. The number of benzene rings is 1. The van der Waals surface area contributed by atoms with E-state index in [4.69, 9.17) is 9.47 Å². The predicted octanol–water partition coefficient (Wildman–Crippen LogP) is 5.51. The molecule has 0 aliphatic heterocycles. The lowest BCUT2D eigenvalue weighted by Crippen LogP contribution is -2.31. The summed E-state index contributed by atoms with van der Waals surface area (Å²) in [5.41, 5.74) is 3.97. The third-order valence-electron chi connectivity index (χ3n) is 4.51. The minimum absolute atomic E-state index is 0.285. The first kappa shape index (κ1) is 23.7. The lowest BCUT2D eigenvalue weighted by atomic mass is 10.1. The molecule has 0 fully saturated rings. The van der Waals surface area contributed by atoms with Crippen molar-refractivity contribution in [2.75, 3.05) is 27.2 Å². The number of hydrazine groups is 1. The SMILES string of the molecule is CC/C(=C/OCCCCN(C)NC)c1cccnc1Oc1ccc(C(F)(F)F)cc1. The van der Waals surface area contributed by atoms with Crippen LogP contribution in [-0.2, 0) is 10.9 Å². The Hall–Kier alpha value is -2.58. The highest BCUT2D eigenvalue weighted by molar-refractivity contribution is 5.68. The van der Waals surface area contributed by atoms with Crippen molar-refractivity contribution in [2.45, 2.75) is 32.4 Å². The number of alkyl halides is 3. The molecule has 0 amide bonds. The molecule has 2 rings (SSSR count). The van der Waals surface area contributed by atoms with E-state index in [1.165, 1.54) is 12.1 Å². The van der Waals surface area contributed by atoms with Crippen LogP contribution in [-0.4, -0.2) is 37.2 Å². The van der Waals surface area contributed by atoms with E-state index in [2.05, 4.69) is 10.4 Å². The summed E-state index contributed by atoms with van der Waals surface area (Å²) in [6.07, 6.45) is 1.52. The number of nitrogens with one attached hydrogen (secondary N) is 1. The first-order valence-corrected chi connectivity index (χ1v) is 9.84. The average molecular weight is 423 g/mol. The molecule has 0 bridgehead atoms. The maximum atomic E-state index is 12.7. The summed E-state index contributed by atoms with van der Waals surface area (Å²) in [4.78, 5) is 4.25. The Morgan fingerprint density at radius 2 is 1.90 bits per heavy atom. The standard InChI is InChI=1S/C22H28F3N3O2/c1-4-17(16-29-15-6-5-14-28(3)26-2)20-8-7-13-27-21(20)30-19-11-9-18(10-12-19)22(23,24)25/h7-13,16,26H,4-6,14-15H2,1-3H3/b17-16-. The largest absolute Gasteiger partial charge is 0.501 e. The molecule has 0 aliphatic rings. The number of allylic oxidation sites excluding steroid dienone is 1. The van der Waals surface area contributed by atoms with Crippen LogP contribution in [0.25, 0.3) is 5.57 Å². The molecule has 0 saturated carbocycles. The van der Waals surface area contributed by atoms with Crippen molar-refractivity contribution in [3.8, 4) is 11.6 Å². The topological polar surface area (TPSA) is 46.6 Å². The zero-order valence-corrected chi connectivity index (χ0v) is 17.5. The summed E-state index contributed by atoms with van der Waals surface area (Å²) in [5, 5.41) is 2.01. The van der Waals surface area contributed by atoms with Crippen molar-refractivity contribution in [1.29, 1.82) is 0 Å². The molecule has 0 aliphatic carbocycles. The van der Waals surface area contributed by atoms with Crippen LogP contribution in [0.1, 0.15) is 37.3 Å². The molecule has 5 nitrogen and oxygen atoms in total. The molecule has 1 aromatic heterocycles. The number of hydrogen-bond donors (Lipinski definition) is 1. The smallest absolute Gasteiger partial charge is 0.416 e. The van der Waals surface area contributed by atoms with E-state index in [9.17, 15) is 13.2 Å². The molecule has 1 heterocycles. The number of halogens is 3. The van der Waals surface area contributed by atoms with Gasteiger partial charge < -0.3 is 9.47 Å². The van der Waals surface area contributed by atoms with Crippen LogP contribution in [0, 0.1) is 0 Å². The summed E-state index contributed by atoms with van der Waals surface area (Å²) in [5.74, 6) is 0.609. The van der Waals surface area contributed by atoms with Gasteiger partial charge in [0.1, 0.15) is 5.75 Å². The molecule has 0 saturated heterocycles. The second-order valence-corrected chi connectivity index (χ2v) is 6.70. The molecular formula is C22H28F3N3O2. The van der Waals surface area contributed by atoms with Crippen LogP contribution in [0.15, 0.2) is 48.9 Å². The molecule has 30 heavy (non-hydrogen) atoms. The van der Waals surface area contributed by atoms with E-state index in [1.54, 1.807) is 18.5 Å². The van der Waals surface area contributed by atoms with Crippen molar-refractivity contribution < 1.29 is 22.6 Å². The van der Waals surface area contributed by atoms with E-state index in [0.29, 0.717) is 18.9 Å². The summed E-state index contributed by atoms with van der Waals surface area (Å²) in [7, 11) is 3.86. The quantitative estimate of drug-likeness (QED) is 0.294. The highest BCUT2D eigenvalue weighted by Gasteiger charge is 2.30. The van der Waals surface area contributed by atoms with Crippen molar-refractivity contribution in [1.82, 2.24) is 15.4 Å². The van der Waals surface area contributed by atoms with Crippen LogP contribution in [0.5, 0.6) is 11.6 Å². The number of unbranched alkanes of at least 4 members (excludes halogenated alkanes) is 1. The molecule has 1 aromatic carbocycles. The van der Waals surface area contributed by atoms with E-state index in [1.807, 2.05) is 32.1 Å². The van der Waals surface area contributed by atoms with Gasteiger partial charge in [0.15, 0.2) is 0 Å². The van der Waals surface area contributed by atoms with E-state index in [0.717, 1.165) is 42.7 Å². The molecule has 0 spiro atoms. The summed E-state index contributed by atoms with van der Waals surface area (Å²) in [6, 6.07) is 8.19. The molecule has 1 N–H and O–H groups in total. The summed E-state index contributed by atoms with van der Waals surface area (Å²) in [6.45, 7) is 3.51. The molecule has 0 atom stereocenters. The third kappa shape index (κ3) is 7.35. The lowest BCUT2D eigenvalue weighted by Gasteiger charge is -2.14. The van der Waals surface area contributed by atoms with Crippen molar-refractivity contribution in [2.24, 2.45) is 0 Å². The Morgan fingerprint density at radius 1 is 1.17 bits per heavy atom. The number of hydrogen-bond acceptors (Lipinski definition) is 5. The number of aromatic nitrogens is 1. The van der Waals surface area contributed by atoms with Gasteiger partial charge in [-0.15, -0.1) is 0 Å². The Bertz CT molecular complexity index is 808. The summed E-state index contributed by atoms with van der Waals surface area (Å²) < 4.78 is 49.7. The first-order chi connectivity index (χ1) is 14.3. The Morgan fingerprint density at radius 3 is 2.53 bits per heavy atom. The van der Waals surface area contributed by atoms with Gasteiger partial charge in [-0.25, -0.2) is 9.99 Å². The molecule has 164 valence electrons. The Kier molecular flexibility index (Phi) is 9.14. The maximum Gasteiger partial charge on any atom is 0.416 e. The van der Waals surface area contributed by atoms with Gasteiger partial charge in [0.05, 0.1) is 18.4 Å². The number of ether oxygens (including phenoxy) is 2. The maximum absolute atomic E-state index is 12.7. The van der Waals surface area contributed by atoms with Crippen molar-refractivity contribution in [3.63, 3.8) is 0 Å². The minimum atomic E-state index is -4.38. The lowest BCUT2D eigenvalue weighted by molar-refractivity contribution is -0.137. The summed E-state index contributed by atoms with van der Waals surface area (Å²) >= 11 is 0. The number of rotatable bonds is 11. The number of nitrogens with zero attached hydrogens (tertiary/aromatic N) is 2. The van der Waals surface area contributed by atoms with Crippen LogP contribution in [0.4, 0.5) is 13.2 Å². The van der Waals surface area contributed by atoms with Gasteiger partial charge >= 0.3 is 6.18 Å². The zero-order valence-electron chi connectivity index (χ0n) is 17.5. The monoisotopic (exact) mass is 423 g/mol. The molecule has 2 aromatic rings. The van der Waals surface area contributed by atoms with Crippen LogP contribution < -0.4 is 10.2 Å². The van der Waals surface area contributed by atoms with E-state index in [-0.39, 0.29) is 5.75 Å². The fraction of sp³-hybridized carbons (Fsp3) is 0.409. The Labute approximate surface area is 175 Å². The van der Waals surface area contributed by atoms with Gasteiger partial charge in [-0.1, -0.05) is 6.92 Å². The zero-order chi connectivity index (χ0) is 22.0. The predicted molar refractivity (Wildman–Crippen MR) is 111 cm³/mol. The second kappa shape index (κ2) is 11.6. The van der Waals surface area contributed by atoms with Gasteiger partial charge in [0, 0.05) is 25.4 Å². The fourth-order valence-corrected chi connectivity index (χ4v) is 2.68. The highest BCUT2D eigenvalue weighted by Crippen LogP contribution is 2.33. The first-order valence-electron chi connectivity index (χ1n) is 9.84. The van der Waals surface area contributed by atoms with Crippen molar-refractivity contribution >= 4 is 5.57 Å².